The molecule has 0 aliphatic heterocycles. The molecule has 2 N–H and O–H groups in total. The highest BCUT2D eigenvalue weighted by Gasteiger charge is 2.27. The van der Waals surface area contributed by atoms with Gasteiger partial charge in [0.1, 0.15) is 5.69 Å². The van der Waals surface area contributed by atoms with E-state index in [0.29, 0.717) is 16.9 Å². The monoisotopic (exact) mass is 411 g/mol. The lowest BCUT2D eigenvalue weighted by Gasteiger charge is -2.15. The van der Waals surface area contributed by atoms with E-state index in [1.807, 2.05) is 0 Å². The third-order valence-corrected chi connectivity index (χ3v) is 4.58. The third-order valence-electron chi connectivity index (χ3n) is 4.58. The number of Topliss-reactive ketones (excluding diaryl/α,β-unsaturated/α-hetero) is 1. The molecule has 1 saturated carbocycles. The average Bonchev–Trinajstić information content (AvgIpc) is 3.52. The molecule has 0 unspecified atom stereocenters. The van der Waals surface area contributed by atoms with Crippen molar-refractivity contribution in [2.75, 3.05) is 10.6 Å². The van der Waals surface area contributed by atoms with Gasteiger partial charge in [-0.2, -0.15) is 0 Å². The van der Waals surface area contributed by atoms with Crippen LogP contribution in [-0.4, -0.2) is 34.7 Å². The Morgan fingerprint density at radius 3 is 2.47 bits per heavy atom. The fraction of sp³-hybridized carbons (Fsp3) is 0.286. The molecule has 1 aliphatic rings. The van der Waals surface area contributed by atoms with E-state index < -0.39 is 22.9 Å². The van der Waals surface area contributed by atoms with Crippen molar-refractivity contribution in [2.24, 2.45) is 0 Å². The lowest BCUT2D eigenvalue weighted by Crippen LogP contribution is -2.30. The van der Waals surface area contributed by atoms with Crippen LogP contribution in [0, 0.1) is 10.1 Å². The zero-order valence-electron chi connectivity index (χ0n) is 16.5. The van der Waals surface area contributed by atoms with Gasteiger partial charge in [-0.05, 0) is 51.0 Å². The van der Waals surface area contributed by atoms with Gasteiger partial charge < -0.3 is 15.4 Å². The first kappa shape index (κ1) is 21.0. The summed E-state index contributed by atoms with van der Waals surface area (Å²) < 4.78 is 5.16. The van der Waals surface area contributed by atoms with Gasteiger partial charge in [0.05, 0.1) is 16.2 Å². The summed E-state index contributed by atoms with van der Waals surface area (Å²) in [7, 11) is 0. The van der Waals surface area contributed by atoms with Crippen molar-refractivity contribution in [3.8, 4) is 0 Å². The lowest BCUT2D eigenvalue weighted by atomic mass is 10.1. The second-order valence-electron chi connectivity index (χ2n) is 7.05. The normalized spacial score (nSPS) is 13.8. The summed E-state index contributed by atoms with van der Waals surface area (Å²) in [5, 5.41) is 16.9. The number of carbonyl (C=O) groups excluding carboxylic acids is 3. The Balaban J connectivity index is 1.69. The largest absolute Gasteiger partial charge is 0.449 e. The minimum atomic E-state index is -1.18. The van der Waals surface area contributed by atoms with Crippen molar-refractivity contribution in [1.29, 1.82) is 0 Å². The maximum atomic E-state index is 12.4. The molecule has 3 rings (SSSR count). The number of anilines is 2. The zero-order chi connectivity index (χ0) is 21.8. The molecule has 2 aromatic carbocycles. The van der Waals surface area contributed by atoms with Gasteiger partial charge in [0, 0.05) is 17.7 Å². The summed E-state index contributed by atoms with van der Waals surface area (Å²) >= 11 is 0. The van der Waals surface area contributed by atoms with Gasteiger partial charge in [-0.1, -0.05) is 12.1 Å². The molecular weight excluding hydrogens is 390 g/mol. The molecule has 0 heterocycles. The van der Waals surface area contributed by atoms with Crippen LogP contribution < -0.4 is 10.6 Å². The number of nitro groups is 1. The van der Waals surface area contributed by atoms with Crippen LogP contribution in [0.4, 0.5) is 17.1 Å². The Morgan fingerprint density at radius 2 is 1.83 bits per heavy atom. The number of hydrogen-bond acceptors (Lipinski definition) is 7. The molecule has 0 bridgehead atoms. The molecule has 0 spiro atoms. The molecule has 30 heavy (non-hydrogen) atoms. The van der Waals surface area contributed by atoms with E-state index in [1.165, 1.54) is 26.0 Å². The van der Waals surface area contributed by atoms with Crippen LogP contribution in [-0.2, 0) is 9.53 Å². The molecule has 9 nitrogen and oxygen atoms in total. The number of nitrogens with zero attached hydrogens (tertiary/aromatic N) is 1. The van der Waals surface area contributed by atoms with Gasteiger partial charge in [0.25, 0.3) is 11.6 Å². The van der Waals surface area contributed by atoms with E-state index in [1.54, 1.807) is 24.3 Å². The minimum Gasteiger partial charge on any atom is -0.449 e. The van der Waals surface area contributed by atoms with Crippen LogP contribution in [0.15, 0.2) is 42.5 Å². The van der Waals surface area contributed by atoms with Crippen molar-refractivity contribution in [3.63, 3.8) is 0 Å². The lowest BCUT2D eigenvalue weighted by molar-refractivity contribution is -0.384. The number of ether oxygens (including phenoxy) is 1. The van der Waals surface area contributed by atoms with Gasteiger partial charge in [-0.25, -0.2) is 4.79 Å². The number of hydrogen-bond donors (Lipinski definition) is 2. The van der Waals surface area contributed by atoms with Gasteiger partial charge in [0.2, 0.25) is 0 Å². The summed E-state index contributed by atoms with van der Waals surface area (Å²) in [5.74, 6) is -1.71. The van der Waals surface area contributed by atoms with E-state index in [-0.39, 0.29) is 23.1 Å². The predicted molar refractivity (Wildman–Crippen MR) is 110 cm³/mol. The van der Waals surface area contributed by atoms with E-state index >= 15 is 0 Å². The van der Waals surface area contributed by atoms with Gasteiger partial charge >= 0.3 is 5.97 Å². The summed E-state index contributed by atoms with van der Waals surface area (Å²) in [4.78, 5) is 47.2. The highest BCUT2D eigenvalue weighted by atomic mass is 16.6. The average molecular weight is 411 g/mol. The molecule has 1 amide bonds. The van der Waals surface area contributed by atoms with Crippen LogP contribution >= 0.6 is 0 Å². The Morgan fingerprint density at radius 1 is 1.13 bits per heavy atom. The standard InChI is InChI=1S/C21H21N3O6/c1-12(25)16-5-3-4-6-17(16)23-20(26)13(2)30-21(27)14-7-10-18(22-15-8-9-15)19(11-14)24(28)29/h3-7,10-11,13,15,22H,8-9H2,1-2H3,(H,23,26)/t13-/m1/s1. The van der Waals surface area contributed by atoms with Crippen molar-refractivity contribution < 1.29 is 24.0 Å². The molecule has 1 fully saturated rings. The Hall–Kier alpha value is -3.75. The van der Waals surface area contributed by atoms with E-state index in [0.717, 1.165) is 18.9 Å². The van der Waals surface area contributed by atoms with Gasteiger partial charge in [0.15, 0.2) is 11.9 Å². The van der Waals surface area contributed by atoms with Crippen molar-refractivity contribution >= 4 is 34.7 Å². The number of carbonyl (C=O) groups is 3. The Labute approximate surface area is 172 Å². The van der Waals surface area contributed by atoms with Crippen LogP contribution in [0.3, 0.4) is 0 Å². The topological polar surface area (TPSA) is 128 Å². The number of ketones is 1. The van der Waals surface area contributed by atoms with Crippen molar-refractivity contribution in [3.05, 3.63) is 63.7 Å². The second-order valence-corrected chi connectivity index (χ2v) is 7.05. The first-order valence-electron chi connectivity index (χ1n) is 9.43. The van der Waals surface area contributed by atoms with E-state index in [4.69, 9.17) is 4.74 Å². The van der Waals surface area contributed by atoms with Gasteiger partial charge in [-0.15, -0.1) is 0 Å². The first-order valence-corrected chi connectivity index (χ1v) is 9.43. The fourth-order valence-corrected chi connectivity index (χ4v) is 2.79. The molecule has 1 atom stereocenters. The number of amides is 1. The number of rotatable bonds is 8. The van der Waals surface area contributed by atoms with E-state index in [2.05, 4.69) is 10.6 Å². The Kier molecular flexibility index (Phi) is 6.10. The molecule has 0 saturated heterocycles. The number of benzene rings is 2. The fourth-order valence-electron chi connectivity index (χ4n) is 2.79. The number of nitro benzene ring substituents is 1. The first-order chi connectivity index (χ1) is 14.3. The maximum Gasteiger partial charge on any atom is 0.339 e. The van der Waals surface area contributed by atoms with Crippen LogP contribution in [0.5, 0.6) is 0 Å². The maximum absolute atomic E-state index is 12.4. The molecule has 0 radical (unpaired) electrons. The summed E-state index contributed by atoms with van der Waals surface area (Å²) in [6.45, 7) is 2.75. The molecule has 2 aromatic rings. The smallest absolute Gasteiger partial charge is 0.339 e. The highest BCUT2D eigenvalue weighted by molar-refractivity contribution is 6.05. The number of esters is 1. The Bertz CT molecular complexity index is 1020. The van der Waals surface area contributed by atoms with Crippen molar-refractivity contribution in [2.45, 2.75) is 38.8 Å². The molecular formula is C21H21N3O6. The summed E-state index contributed by atoms with van der Waals surface area (Å²) in [5.41, 5.74) is 0.712. The quantitative estimate of drug-likeness (QED) is 0.294. The van der Waals surface area contributed by atoms with Crippen LogP contribution in [0.1, 0.15) is 47.4 Å². The third kappa shape index (κ3) is 4.99. The SMILES string of the molecule is CC(=O)c1ccccc1NC(=O)[C@@H](C)OC(=O)c1ccc(NC2CC2)c([N+](=O)[O-])c1. The summed E-state index contributed by atoms with van der Waals surface area (Å²) in [6, 6.07) is 10.7. The van der Waals surface area contributed by atoms with Crippen LogP contribution in [0.2, 0.25) is 0 Å². The second kappa shape index (κ2) is 8.73. The minimum absolute atomic E-state index is 0.0353. The number of para-hydroxylation sites is 1. The molecule has 9 heteroatoms. The highest BCUT2D eigenvalue weighted by Crippen LogP contribution is 2.31. The van der Waals surface area contributed by atoms with Crippen LogP contribution in [0.25, 0.3) is 0 Å². The predicted octanol–water partition coefficient (Wildman–Crippen LogP) is 3.56. The molecule has 0 aromatic heterocycles. The number of nitrogens with one attached hydrogen (secondary N) is 2. The van der Waals surface area contributed by atoms with Crippen molar-refractivity contribution in [1.82, 2.24) is 0 Å². The zero-order valence-corrected chi connectivity index (χ0v) is 16.5. The summed E-state index contributed by atoms with van der Waals surface area (Å²) in [6.07, 6.45) is 0.710. The molecule has 1 aliphatic carbocycles. The van der Waals surface area contributed by atoms with Gasteiger partial charge in [-0.3, -0.25) is 19.7 Å². The van der Waals surface area contributed by atoms with E-state index in [9.17, 15) is 24.5 Å². The molecule has 156 valence electrons.